The predicted octanol–water partition coefficient (Wildman–Crippen LogP) is 3.66. The monoisotopic (exact) mass is 375 g/mol. The summed E-state index contributed by atoms with van der Waals surface area (Å²) in [5, 5.41) is 2.86. The second-order valence-electron chi connectivity index (χ2n) is 7.51. The Hall–Kier alpha value is -3.15. The van der Waals surface area contributed by atoms with Crippen LogP contribution in [0.5, 0.6) is 0 Å². The molecule has 6 nitrogen and oxygen atoms in total. The molecule has 142 valence electrons. The molecule has 0 aliphatic carbocycles. The van der Waals surface area contributed by atoms with E-state index in [1.165, 1.54) is 0 Å². The normalized spacial score (nSPS) is 20.1. The van der Waals surface area contributed by atoms with Crippen molar-refractivity contribution in [1.29, 1.82) is 0 Å². The molecule has 28 heavy (non-hydrogen) atoms. The van der Waals surface area contributed by atoms with Crippen LogP contribution in [0.25, 0.3) is 11.1 Å². The van der Waals surface area contributed by atoms with Crippen molar-refractivity contribution in [1.82, 2.24) is 9.88 Å². The quantitative estimate of drug-likeness (QED) is 0.742. The van der Waals surface area contributed by atoms with Crippen molar-refractivity contribution in [2.24, 2.45) is 0 Å². The maximum atomic E-state index is 13.2. The van der Waals surface area contributed by atoms with Crippen LogP contribution in [-0.4, -0.2) is 34.8 Å². The summed E-state index contributed by atoms with van der Waals surface area (Å²) >= 11 is 0. The molecule has 0 saturated carbocycles. The summed E-state index contributed by atoms with van der Waals surface area (Å²) in [5.41, 5.74) is 3.34. The molecule has 0 spiro atoms. The molecule has 3 aromatic rings. The Morgan fingerprint density at radius 1 is 1.07 bits per heavy atom. The SMILES string of the molecule is O=C1CC(C(=O)N2CCC(c3nc4ccccc4o3)CC2)c2ccccc2N1. The highest BCUT2D eigenvalue weighted by molar-refractivity contribution is 6.01. The number of fused-ring (bicyclic) bond motifs is 2. The zero-order valence-corrected chi connectivity index (χ0v) is 15.4. The van der Waals surface area contributed by atoms with E-state index in [9.17, 15) is 9.59 Å². The third-order valence-electron chi connectivity index (χ3n) is 5.76. The number of nitrogens with one attached hydrogen (secondary N) is 1. The molecule has 1 saturated heterocycles. The molecule has 3 heterocycles. The Balaban J connectivity index is 1.30. The van der Waals surface area contributed by atoms with Gasteiger partial charge in [-0.1, -0.05) is 30.3 Å². The van der Waals surface area contributed by atoms with Gasteiger partial charge in [0.2, 0.25) is 11.8 Å². The lowest BCUT2D eigenvalue weighted by molar-refractivity contribution is -0.136. The number of aromatic nitrogens is 1. The number of piperidine rings is 1. The van der Waals surface area contributed by atoms with E-state index in [-0.39, 0.29) is 24.2 Å². The molecule has 2 amide bonds. The van der Waals surface area contributed by atoms with Gasteiger partial charge in [-0.3, -0.25) is 9.59 Å². The van der Waals surface area contributed by atoms with E-state index in [0.717, 1.165) is 41.1 Å². The van der Waals surface area contributed by atoms with E-state index in [4.69, 9.17) is 4.42 Å². The molecule has 0 radical (unpaired) electrons. The Bertz CT molecular complexity index is 1020. The minimum Gasteiger partial charge on any atom is -0.440 e. The molecular weight excluding hydrogens is 354 g/mol. The third-order valence-corrected chi connectivity index (χ3v) is 5.76. The average molecular weight is 375 g/mol. The highest BCUT2D eigenvalue weighted by atomic mass is 16.3. The Kier molecular flexibility index (Phi) is 4.11. The number of para-hydroxylation sites is 3. The Morgan fingerprint density at radius 2 is 1.82 bits per heavy atom. The van der Waals surface area contributed by atoms with Crippen LogP contribution in [-0.2, 0) is 9.59 Å². The van der Waals surface area contributed by atoms with Crippen LogP contribution in [0.3, 0.4) is 0 Å². The van der Waals surface area contributed by atoms with Crippen molar-refractivity contribution in [2.45, 2.75) is 31.1 Å². The smallest absolute Gasteiger partial charge is 0.230 e. The fourth-order valence-electron chi connectivity index (χ4n) is 4.26. The summed E-state index contributed by atoms with van der Waals surface area (Å²) < 4.78 is 5.91. The topological polar surface area (TPSA) is 75.4 Å². The van der Waals surface area contributed by atoms with Gasteiger partial charge in [-0.05, 0) is 36.6 Å². The van der Waals surface area contributed by atoms with Crippen LogP contribution in [0.1, 0.15) is 42.6 Å². The molecule has 1 unspecified atom stereocenters. The molecule has 2 aliphatic rings. The van der Waals surface area contributed by atoms with Crippen LogP contribution in [0.4, 0.5) is 5.69 Å². The fraction of sp³-hybridized carbons (Fsp3) is 0.318. The second kappa shape index (κ2) is 6.78. The lowest BCUT2D eigenvalue weighted by atomic mass is 9.88. The molecule has 1 aromatic heterocycles. The van der Waals surface area contributed by atoms with Crippen LogP contribution < -0.4 is 5.32 Å². The van der Waals surface area contributed by atoms with Gasteiger partial charge in [-0.25, -0.2) is 4.98 Å². The number of nitrogens with zero attached hydrogens (tertiary/aromatic N) is 2. The van der Waals surface area contributed by atoms with Crippen LogP contribution in [0.15, 0.2) is 52.9 Å². The lowest BCUT2D eigenvalue weighted by Gasteiger charge is -2.34. The Labute approximate surface area is 162 Å². The summed E-state index contributed by atoms with van der Waals surface area (Å²) in [5.74, 6) is 0.525. The van der Waals surface area contributed by atoms with Gasteiger partial charge < -0.3 is 14.6 Å². The zero-order valence-electron chi connectivity index (χ0n) is 15.4. The van der Waals surface area contributed by atoms with Crippen LogP contribution in [0.2, 0.25) is 0 Å². The first-order valence-corrected chi connectivity index (χ1v) is 9.72. The summed E-state index contributed by atoms with van der Waals surface area (Å²) in [7, 11) is 0. The molecule has 1 N–H and O–H groups in total. The van der Waals surface area contributed by atoms with Crippen molar-refractivity contribution in [3.05, 3.63) is 60.0 Å². The maximum Gasteiger partial charge on any atom is 0.230 e. The summed E-state index contributed by atoms with van der Waals surface area (Å²) in [6.45, 7) is 1.31. The van der Waals surface area contributed by atoms with Gasteiger partial charge in [0, 0.05) is 31.1 Å². The van der Waals surface area contributed by atoms with E-state index in [0.29, 0.717) is 13.1 Å². The number of benzene rings is 2. The third kappa shape index (κ3) is 2.95. The first-order chi connectivity index (χ1) is 13.7. The summed E-state index contributed by atoms with van der Waals surface area (Å²) in [6, 6.07) is 15.3. The lowest BCUT2D eigenvalue weighted by Crippen LogP contribution is -2.42. The van der Waals surface area contributed by atoms with Gasteiger partial charge >= 0.3 is 0 Å². The number of carbonyl (C=O) groups is 2. The van der Waals surface area contributed by atoms with Gasteiger partial charge in [0.25, 0.3) is 0 Å². The predicted molar refractivity (Wildman–Crippen MR) is 105 cm³/mol. The molecule has 0 bridgehead atoms. The van der Waals surface area contributed by atoms with E-state index < -0.39 is 5.92 Å². The molecule has 1 atom stereocenters. The van der Waals surface area contributed by atoms with Gasteiger partial charge in [0.05, 0.1) is 5.92 Å². The molecule has 2 aromatic carbocycles. The first-order valence-electron chi connectivity index (χ1n) is 9.72. The van der Waals surface area contributed by atoms with E-state index in [1.54, 1.807) is 0 Å². The number of carbonyl (C=O) groups excluding carboxylic acids is 2. The summed E-state index contributed by atoms with van der Waals surface area (Å²) in [4.78, 5) is 31.7. The van der Waals surface area contributed by atoms with E-state index >= 15 is 0 Å². The molecule has 5 rings (SSSR count). The molecule has 2 aliphatic heterocycles. The number of anilines is 1. The second-order valence-corrected chi connectivity index (χ2v) is 7.51. The summed E-state index contributed by atoms with van der Waals surface area (Å²) in [6.07, 6.45) is 1.85. The van der Waals surface area contributed by atoms with Gasteiger partial charge in [0.1, 0.15) is 5.52 Å². The maximum absolute atomic E-state index is 13.2. The molecule has 1 fully saturated rings. The van der Waals surface area contributed by atoms with Gasteiger partial charge in [0.15, 0.2) is 11.5 Å². The Morgan fingerprint density at radius 3 is 2.64 bits per heavy atom. The number of oxazole rings is 1. The van der Waals surface area contributed by atoms with Crippen LogP contribution in [0, 0.1) is 0 Å². The van der Waals surface area contributed by atoms with Crippen molar-refractivity contribution in [2.75, 3.05) is 18.4 Å². The van der Waals surface area contributed by atoms with E-state index in [1.807, 2.05) is 53.4 Å². The van der Waals surface area contributed by atoms with Gasteiger partial charge in [-0.15, -0.1) is 0 Å². The molecular formula is C22H21N3O3. The van der Waals surface area contributed by atoms with Crippen molar-refractivity contribution >= 4 is 28.6 Å². The standard InChI is InChI=1S/C22H21N3O3/c26-20-13-16(15-5-1-2-6-17(15)23-20)22(27)25-11-9-14(10-12-25)21-24-18-7-3-4-8-19(18)28-21/h1-8,14,16H,9-13H2,(H,23,26). The largest absolute Gasteiger partial charge is 0.440 e. The number of rotatable bonds is 2. The minimum absolute atomic E-state index is 0.0401. The van der Waals surface area contributed by atoms with Gasteiger partial charge in [-0.2, -0.15) is 0 Å². The zero-order chi connectivity index (χ0) is 19.1. The number of hydrogen-bond acceptors (Lipinski definition) is 4. The highest BCUT2D eigenvalue weighted by Crippen LogP contribution is 2.35. The fourth-order valence-corrected chi connectivity index (χ4v) is 4.26. The average Bonchev–Trinajstić information content (AvgIpc) is 3.17. The van der Waals surface area contributed by atoms with Crippen molar-refractivity contribution in [3.8, 4) is 0 Å². The minimum atomic E-state index is -0.397. The molecule has 6 heteroatoms. The van der Waals surface area contributed by atoms with Crippen LogP contribution >= 0.6 is 0 Å². The number of amides is 2. The highest BCUT2D eigenvalue weighted by Gasteiger charge is 2.35. The van der Waals surface area contributed by atoms with E-state index in [2.05, 4.69) is 10.3 Å². The first kappa shape index (κ1) is 17.0. The number of hydrogen-bond donors (Lipinski definition) is 1. The van der Waals surface area contributed by atoms with Crippen molar-refractivity contribution < 1.29 is 14.0 Å². The number of likely N-dealkylation sites (tertiary alicyclic amines) is 1. The van der Waals surface area contributed by atoms with Crippen molar-refractivity contribution in [3.63, 3.8) is 0 Å².